The van der Waals surface area contributed by atoms with Crippen LogP contribution in [0.3, 0.4) is 0 Å². The monoisotopic (exact) mass is 289 g/mol. The first-order chi connectivity index (χ1) is 9.78. The maximum Gasteiger partial charge on any atom is 0.0544 e. The molecule has 0 radical (unpaired) electrons. The maximum atomic E-state index is 4.55. The van der Waals surface area contributed by atoms with Gasteiger partial charge in [-0.3, -0.25) is 9.88 Å². The zero-order valence-corrected chi connectivity index (χ0v) is 13.1. The second-order valence-electron chi connectivity index (χ2n) is 5.09. The first-order valence-corrected chi connectivity index (χ1v) is 8.01. The third kappa shape index (κ3) is 5.04. The smallest absolute Gasteiger partial charge is 0.0544 e. The maximum absolute atomic E-state index is 4.55. The Labute approximate surface area is 125 Å². The number of aromatic nitrogens is 1. The van der Waals surface area contributed by atoms with Crippen LogP contribution in [0, 0.1) is 0 Å². The molecule has 20 heavy (non-hydrogen) atoms. The third-order valence-corrected chi connectivity index (χ3v) is 3.94. The van der Waals surface area contributed by atoms with Crippen LogP contribution in [0.5, 0.6) is 0 Å². The van der Waals surface area contributed by atoms with Gasteiger partial charge in [-0.2, -0.15) is 0 Å². The van der Waals surface area contributed by atoms with Crippen LogP contribution in [-0.4, -0.2) is 23.5 Å². The average molecular weight is 289 g/mol. The molecular weight excluding hydrogens is 266 g/mol. The van der Waals surface area contributed by atoms with E-state index >= 15 is 0 Å². The number of nitrogens with one attached hydrogen (secondary N) is 1. The number of thiophene rings is 1. The van der Waals surface area contributed by atoms with Gasteiger partial charge in [0, 0.05) is 30.7 Å². The van der Waals surface area contributed by atoms with Gasteiger partial charge in [0.05, 0.1) is 5.69 Å². The highest BCUT2D eigenvalue weighted by Gasteiger charge is 2.03. The molecule has 4 heteroatoms. The molecule has 0 atom stereocenters. The van der Waals surface area contributed by atoms with Crippen molar-refractivity contribution in [2.24, 2.45) is 0 Å². The molecular formula is C16H23N3S. The van der Waals surface area contributed by atoms with E-state index in [2.05, 4.69) is 58.8 Å². The number of hydrogen-bond donors (Lipinski definition) is 1. The van der Waals surface area contributed by atoms with Crippen molar-refractivity contribution < 1.29 is 0 Å². The number of hydrogen-bond acceptors (Lipinski definition) is 4. The molecule has 0 saturated heterocycles. The van der Waals surface area contributed by atoms with Crippen molar-refractivity contribution in [1.82, 2.24) is 15.2 Å². The summed E-state index contributed by atoms with van der Waals surface area (Å²) in [4.78, 5) is 8.24. The first kappa shape index (κ1) is 15.2. The molecule has 2 aromatic heterocycles. The lowest BCUT2D eigenvalue weighted by Crippen LogP contribution is -2.18. The zero-order chi connectivity index (χ0) is 14.2. The predicted molar refractivity (Wildman–Crippen MR) is 85.7 cm³/mol. The van der Waals surface area contributed by atoms with Gasteiger partial charge < -0.3 is 5.32 Å². The Morgan fingerprint density at radius 1 is 1.25 bits per heavy atom. The highest BCUT2D eigenvalue weighted by molar-refractivity contribution is 7.09. The van der Waals surface area contributed by atoms with Crippen LogP contribution in [0.4, 0.5) is 0 Å². The normalized spacial score (nSPS) is 11.2. The summed E-state index contributed by atoms with van der Waals surface area (Å²) in [7, 11) is 2.14. The minimum absolute atomic E-state index is 0.889. The molecule has 0 bridgehead atoms. The fourth-order valence-corrected chi connectivity index (χ4v) is 2.85. The van der Waals surface area contributed by atoms with Crippen LogP contribution in [0.15, 0.2) is 35.8 Å². The third-order valence-electron chi connectivity index (χ3n) is 3.08. The second kappa shape index (κ2) is 8.15. The van der Waals surface area contributed by atoms with Gasteiger partial charge in [0.2, 0.25) is 0 Å². The first-order valence-electron chi connectivity index (χ1n) is 7.13. The Balaban J connectivity index is 1.80. The van der Waals surface area contributed by atoms with Crippen molar-refractivity contribution >= 4 is 11.3 Å². The van der Waals surface area contributed by atoms with Gasteiger partial charge in [0.1, 0.15) is 0 Å². The fourth-order valence-electron chi connectivity index (χ4n) is 2.06. The molecule has 1 N–H and O–H groups in total. The number of rotatable bonds is 8. The summed E-state index contributed by atoms with van der Waals surface area (Å²) >= 11 is 1.81. The average Bonchev–Trinajstić information content (AvgIpc) is 2.94. The van der Waals surface area contributed by atoms with Crippen LogP contribution >= 0.6 is 11.3 Å². The quantitative estimate of drug-likeness (QED) is 0.756. The van der Waals surface area contributed by atoms with Gasteiger partial charge in [0.15, 0.2) is 0 Å². The molecule has 0 aliphatic heterocycles. The molecule has 0 fully saturated rings. The highest BCUT2D eigenvalue weighted by atomic mass is 32.1. The Bertz CT molecular complexity index is 479. The minimum Gasteiger partial charge on any atom is -0.313 e. The van der Waals surface area contributed by atoms with Crippen molar-refractivity contribution in [1.29, 1.82) is 0 Å². The molecule has 0 aliphatic rings. The lowest BCUT2D eigenvalue weighted by Gasteiger charge is -2.15. The van der Waals surface area contributed by atoms with E-state index in [0.29, 0.717) is 0 Å². The topological polar surface area (TPSA) is 28.2 Å². The van der Waals surface area contributed by atoms with E-state index in [-0.39, 0.29) is 0 Å². The van der Waals surface area contributed by atoms with Gasteiger partial charge in [-0.1, -0.05) is 19.1 Å². The summed E-state index contributed by atoms with van der Waals surface area (Å²) in [6, 6.07) is 8.58. The van der Waals surface area contributed by atoms with Gasteiger partial charge in [-0.15, -0.1) is 11.3 Å². The molecule has 2 heterocycles. The molecule has 3 nitrogen and oxygen atoms in total. The van der Waals surface area contributed by atoms with Crippen molar-refractivity contribution in [2.75, 3.05) is 13.6 Å². The molecule has 0 aromatic carbocycles. The van der Waals surface area contributed by atoms with Gasteiger partial charge in [-0.25, -0.2) is 0 Å². The van der Waals surface area contributed by atoms with Crippen molar-refractivity contribution in [3.63, 3.8) is 0 Å². The van der Waals surface area contributed by atoms with Crippen molar-refractivity contribution in [3.8, 4) is 0 Å². The van der Waals surface area contributed by atoms with Gasteiger partial charge >= 0.3 is 0 Å². The Morgan fingerprint density at radius 3 is 2.80 bits per heavy atom. The predicted octanol–water partition coefficient (Wildman–Crippen LogP) is 3.27. The van der Waals surface area contributed by atoms with Crippen LogP contribution in [0.1, 0.15) is 29.5 Å². The van der Waals surface area contributed by atoms with Gasteiger partial charge in [0.25, 0.3) is 0 Å². The van der Waals surface area contributed by atoms with E-state index in [1.165, 1.54) is 16.9 Å². The van der Waals surface area contributed by atoms with E-state index in [9.17, 15) is 0 Å². The van der Waals surface area contributed by atoms with E-state index in [0.717, 1.165) is 31.9 Å². The molecule has 0 spiro atoms. The molecule has 2 rings (SSSR count). The van der Waals surface area contributed by atoms with Crippen molar-refractivity contribution in [2.45, 2.75) is 33.0 Å². The summed E-state index contributed by atoms with van der Waals surface area (Å²) < 4.78 is 0. The number of pyridine rings is 1. The SMILES string of the molecule is CCCNCc1ccc(CN(C)Cc2cccs2)nc1. The van der Waals surface area contributed by atoms with Crippen molar-refractivity contribution in [3.05, 3.63) is 52.0 Å². The molecule has 108 valence electrons. The minimum atomic E-state index is 0.889. The summed E-state index contributed by atoms with van der Waals surface area (Å²) in [5.74, 6) is 0. The molecule has 0 amide bonds. The highest BCUT2D eigenvalue weighted by Crippen LogP contribution is 2.12. The molecule has 0 aliphatic carbocycles. The standard InChI is InChI=1S/C16H23N3S/c1-3-8-17-10-14-6-7-15(18-11-14)12-19(2)13-16-5-4-9-20-16/h4-7,9,11,17H,3,8,10,12-13H2,1-2H3. The fraction of sp³-hybridized carbons (Fsp3) is 0.438. The van der Waals surface area contributed by atoms with E-state index in [1.807, 2.05) is 6.20 Å². The molecule has 0 saturated carbocycles. The summed E-state index contributed by atoms with van der Waals surface area (Å²) in [5.41, 5.74) is 2.38. The summed E-state index contributed by atoms with van der Waals surface area (Å²) in [5, 5.41) is 5.52. The largest absolute Gasteiger partial charge is 0.313 e. The lowest BCUT2D eigenvalue weighted by molar-refractivity contribution is 0.318. The van der Waals surface area contributed by atoms with Crippen LogP contribution < -0.4 is 5.32 Å². The summed E-state index contributed by atoms with van der Waals surface area (Å²) in [6.07, 6.45) is 3.15. The summed E-state index contributed by atoms with van der Waals surface area (Å²) in [6.45, 7) is 6.02. The Hall–Kier alpha value is -1.23. The van der Waals surface area contributed by atoms with E-state index < -0.39 is 0 Å². The van der Waals surface area contributed by atoms with Gasteiger partial charge in [-0.05, 0) is 43.1 Å². The van der Waals surface area contributed by atoms with E-state index in [1.54, 1.807) is 11.3 Å². The lowest BCUT2D eigenvalue weighted by atomic mass is 10.2. The Morgan fingerprint density at radius 2 is 2.15 bits per heavy atom. The van der Waals surface area contributed by atoms with Crippen LogP contribution in [0.25, 0.3) is 0 Å². The second-order valence-corrected chi connectivity index (χ2v) is 6.12. The molecule has 2 aromatic rings. The molecule has 0 unspecified atom stereocenters. The van der Waals surface area contributed by atoms with E-state index in [4.69, 9.17) is 0 Å². The number of nitrogens with zero attached hydrogens (tertiary/aromatic N) is 2. The van der Waals surface area contributed by atoms with Crippen LogP contribution in [0.2, 0.25) is 0 Å². The Kier molecular flexibility index (Phi) is 6.18. The van der Waals surface area contributed by atoms with Crippen LogP contribution in [-0.2, 0) is 19.6 Å². The zero-order valence-electron chi connectivity index (χ0n) is 12.3.